The molecule has 1 fully saturated rings. The highest BCUT2D eigenvalue weighted by Gasteiger charge is 2.37. The van der Waals surface area contributed by atoms with E-state index in [2.05, 4.69) is 12.2 Å². The van der Waals surface area contributed by atoms with E-state index in [-0.39, 0.29) is 22.4 Å². The Balaban J connectivity index is 2.27. The minimum absolute atomic E-state index is 0.111. The molecular formula is C14H18ClNO4S. The first kappa shape index (κ1) is 16.1. The Morgan fingerprint density at radius 2 is 2.14 bits per heavy atom. The predicted molar refractivity (Wildman–Crippen MR) is 80.3 cm³/mol. The second kappa shape index (κ2) is 6.23. The SMILES string of the molecule is CCOc1ccc(S(=O)(=O)Cl)cc1C(=O)NC1CC1CC. The number of rotatable bonds is 6. The third kappa shape index (κ3) is 3.89. The Morgan fingerprint density at radius 1 is 1.43 bits per heavy atom. The Bertz CT molecular complexity index is 644. The third-order valence-corrected chi connectivity index (χ3v) is 4.89. The standard InChI is InChI=1S/C14H18ClNO4S/c1-3-9-7-12(9)16-14(17)11-8-10(21(15,18)19)5-6-13(11)20-4-2/h5-6,8-9,12H,3-4,7H2,1-2H3,(H,16,17). The van der Waals surface area contributed by atoms with E-state index < -0.39 is 9.05 Å². The molecule has 21 heavy (non-hydrogen) atoms. The van der Waals surface area contributed by atoms with Crippen molar-refractivity contribution < 1.29 is 17.9 Å². The molecule has 1 saturated carbocycles. The molecule has 0 bridgehead atoms. The normalized spacial score (nSPS) is 20.9. The van der Waals surface area contributed by atoms with Gasteiger partial charge in [-0.15, -0.1) is 0 Å². The van der Waals surface area contributed by atoms with E-state index in [1.165, 1.54) is 18.2 Å². The highest BCUT2D eigenvalue weighted by molar-refractivity contribution is 8.13. The van der Waals surface area contributed by atoms with Crippen LogP contribution in [-0.4, -0.2) is 27.0 Å². The lowest BCUT2D eigenvalue weighted by Crippen LogP contribution is -2.27. The van der Waals surface area contributed by atoms with Crippen LogP contribution in [-0.2, 0) is 9.05 Å². The molecule has 0 heterocycles. The van der Waals surface area contributed by atoms with Gasteiger partial charge in [0.25, 0.3) is 15.0 Å². The molecule has 1 N–H and O–H groups in total. The van der Waals surface area contributed by atoms with E-state index >= 15 is 0 Å². The molecule has 2 atom stereocenters. The topological polar surface area (TPSA) is 72.5 Å². The summed E-state index contributed by atoms with van der Waals surface area (Å²) < 4.78 is 28.2. The van der Waals surface area contributed by atoms with Crippen LogP contribution in [0.15, 0.2) is 23.1 Å². The second-order valence-corrected chi connectivity index (χ2v) is 7.58. The van der Waals surface area contributed by atoms with Gasteiger partial charge in [0.05, 0.1) is 17.1 Å². The molecule has 2 unspecified atom stereocenters. The van der Waals surface area contributed by atoms with Gasteiger partial charge in [-0.2, -0.15) is 0 Å². The molecule has 1 aromatic rings. The Hall–Kier alpha value is -1.27. The molecule has 116 valence electrons. The highest BCUT2D eigenvalue weighted by atomic mass is 35.7. The van der Waals surface area contributed by atoms with Gasteiger partial charge in [0.15, 0.2) is 0 Å². The Labute approximate surface area is 129 Å². The van der Waals surface area contributed by atoms with E-state index in [4.69, 9.17) is 15.4 Å². The molecule has 0 spiro atoms. The quantitative estimate of drug-likeness (QED) is 0.813. The first-order chi connectivity index (χ1) is 9.86. The number of carbonyl (C=O) groups excluding carboxylic acids is 1. The van der Waals surface area contributed by atoms with Gasteiger partial charge < -0.3 is 10.1 Å². The Morgan fingerprint density at radius 3 is 2.67 bits per heavy atom. The van der Waals surface area contributed by atoms with Crippen molar-refractivity contribution in [3.05, 3.63) is 23.8 Å². The molecule has 1 aliphatic rings. The van der Waals surface area contributed by atoms with E-state index in [0.717, 1.165) is 12.8 Å². The summed E-state index contributed by atoms with van der Waals surface area (Å²) in [5.41, 5.74) is 0.195. The summed E-state index contributed by atoms with van der Waals surface area (Å²) >= 11 is 0. The monoisotopic (exact) mass is 331 g/mol. The number of carbonyl (C=O) groups is 1. The molecule has 1 aliphatic carbocycles. The minimum Gasteiger partial charge on any atom is -0.493 e. The van der Waals surface area contributed by atoms with E-state index in [9.17, 15) is 13.2 Å². The lowest BCUT2D eigenvalue weighted by Gasteiger charge is -2.11. The van der Waals surface area contributed by atoms with Crippen LogP contribution in [0.1, 0.15) is 37.0 Å². The van der Waals surface area contributed by atoms with E-state index in [0.29, 0.717) is 18.3 Å². The van der Waals surface area contributed by atoms with Gasteiger partial charge in [-0.25, -0.2) is 8.42 Å². The number of amides is 1. The van der Waals surface area contributed by atoms with Gasteiger partial charge in [-0.3, -0.25) is 4.79 Å². The van der Waals surface area contributed by atoms with Gasteiger partial charge in [0.2, 0.25) is 0 Å². The number of halogens is 1. The Kier molecular flexibility index (Phi) is 4.78. The summed E-state index contributed by atoms with van der Waals surface area (Å²) in [6.45, 7) is 4.25. The first-order valence-corrected chi connectivity index (χ1v) is 9.20. The molecular weight excluding hydrogens is 314 g/mol. The molecule has 0 radical (unpaired) electrons. The maximum absolute atomic E-state index is 12.3. The fraction of sp³-hybridized carbons (Fsp3) is 0.500. The van der Waals surface area contributed by atoms with Crippen LogP contribution in [0.25, 0.3) is 0 Å². The average molecular weight is 332 g/mol. The fourth-order valence-corrected chi connectivity index (χ4v) is 3.02. The van der Waals surface area contributed by atoms with Gasteiger partial charge >= 0.3 is 0 Å². The first-order valence-electron chi connectivity index (χ1n) is 6.89. The van der Waals surface area contributed by atoms with Crippen molar-refractivity contribution in [2.75, 3.05) is 6.61 Å². The molecule has 7 heteroatoms. The van der Waals surface area contributed by atoms with Crippen molar-refractivity contribution in [1.29, 1.82) is 0 Å². The average Bonchev–Trinajstić information content (AvgIpc) is 3.16. The van der Waals surface area contributed by atoms with E-state index in [1.54, 1.807) is 6.92 Å². The zero-order valence-corrected chi connectivity index (χ0v) is 13.5. The van der Waals surface area contributed by atoms with Crippen molar-refractivity contribution in [1.82, 2.24) is 5.32 Å². The van der Waals surface area contributed by atoms with E-state index in [1.807, 2.05) is 0 Å². The third-order valence-electron chi connectivity index (χ3n) is 3.54. The molecule has 1 aromatic carbocycles. The van der Waals surface area contributed by atoms with Crippen molar-refractivity contribution in [3.63, 3.8) is 0 Å². The predicted octanol–water partition coefficient (Wildman–Crippen LogP) is 2.54. The summed E-state index contributed by atoms with van der Waals surface area (Å²) in [7, 11) is 1.45. The molecule has 0 saturated heterocycles. The van der Waals surface area contributed by atoms with Crippen molar-refractivity contribution in [3.8, 4) is 5.75 Å². The van der Waals surface area contributed by atoms with Gasteiger partial charge in [-0.1, -0.05) is 13.3 Å². The van der Waals surface area contributed by atoms with Crippen LogP contribution < -0.4 is 10.1 Å². The lowest BCUT2D eigenvalue weighted by atomic mass is 10.2. The number of ether oxygens (including phenoxy) is 1. The smallest absolute Gasteiger partial charge is 0.261 e. The zero-order chi connectivity index (χ0) is 15.6. The molecule has 0 aliphatic heterocycles. The maximum Gasteiger partial charge on any atom is 0.261 e. The summed E-state index contributed by atoms with van der Waals surface area (Å²) in [6.07, 6.45) is 1.97. The van der Waals surface area contributed by atoms with Crippen molar-refractivity contribution in [2.45, 2.75) is 37.6 Å². The van der Waals surface area contributed by atoms with Crippen LogP contribution in [0.5, 0.6) is 5.75 Å². The van der Waals surface area contributed by atoms with Gasteiger partial charge in [0, 0.05) is 16.7 Å². The van der Waals surface area contributed by atoms with Crippen LogP contribution in [0.2, 0.25) is 0 Å². The summed E-state index contributed by atoms with van der Waals surface area (Å²) in [5.74, 6) is 0.527. The number of hydrogen-bond donors (Lipinski definition) is 1. The number of nitrogens with one attached hydrogen (secondary N) is 1. The zero-order valence-electron chi connectivity index (χ0n) is 11.9. The van der Waals surface area contributed by atoms with Crippen molar-refractivity contribution in [2.24, 2.45) is 5.92 Å². The lowest BCUT2D eigenvalue weighted by molar-refractivity contribution is 0.0945. The van der Waals surface area contributed by atoms with Crippen LogP contribution >= 0.6 is 10.7 Å². The molecule has 0 aromatic heterocycles. The summed E-state index contributed by atoms with van der Waals surface area (Å²) in [5, 5.41) is 2.89. The fourth-order valence-electron chi connectivity index (χ4n) is 2.24. The largest absolute Gasteiger partial charge is 0.493 e. The minimum atomic E-state index is -3.88. The van der Waals surface area contributed by atoms with Crippen molar-refractivity contribution >= 4 is 25.6 Å². The highest BCUT2D eigenvalue weighted by Crippen LogP contribution is 2.34. The number of benzene rings is 1. The molecule has 2 rings (SSSR count). The summed E-state index contributed by atoms with van der Waals surface area (Å²) in [4.78, 5) is 12.2. The molecule has 5 nitrogen and oxygen atoms in total. The van der Waals surface area contributed by atoms with Crippen LogP contribution in [0, 0.1) is 5.92 Å². The van der Waals surface area contributed by atoms with Crippen LogP contribution in [0.4, 0.5) is 0 Å². The second-order valence-electron chi connectivity index (χ2n) is 5.01. The summed E-state index contributed by atoms with van der Waals surface area (Å²) in [6, 6.07) is 4.20. The van der Waals surface area contributed by atoms with Crippen LogP contribution in [0.3, 0.4) is 0 Å². The number of hydrogen-bond acceptors (Lipinski definition) is 4. The van der Waals surface area contributed by atoms with Gasteiger partial charge in [-0.05, 0) is 37.5 Å². The maximum atomic E-state index is 12.3. The molecule has 1 amide bonds. The van der Waals surface area contributed by atoms with Gasteiger partial charge in [0.1, 0.15) is 5.75 Å².